The minimum absolute atomic E-state index is 0.0415. The van der Waals surface area contributed by atoms with Gasteiger partial charge in [0.05, 0.1) is 18.5 Å². The highest BCUT2D eigenvalue weighted by Crippen LogP contribution is 2.23. The SMILES string of the molecule is CC(C)(C)C1CN(CCC#N)C(=O)N1. The standard InChI is InChI=1S/C10H17N3O/c1-10(2,3)8-7-13(6-4-5-11)9(14)12-8/h8H,4,6-7H2,1-3H3,(H,12,14). The van der Waals surface area contributed by atoms with E-state index >= 15 is 0 Å². The Morgan fingerprint density at radius 3 is 2.71 bits per heavy atom. The van der Waals surface area contributed by atoms with Crippen molar-refractivity contribution in [2.24, 2.45) is 5.41 Å². The van der Waals surface area contributed by atoms with E-state index in [1.54, 1.807) is 4.90 Å². The molecular weight excluding hydrogens is 178 g/mol. The lowest BCUT2D eigenvalue weighted by molar-refractivity contribution is 0.218. The van der Waals surface area contributed by atoms with E-state index < -0.39 is 0 Å². The number of hydrogen-bond acceptors (Lipinski definition) is 2. The van der Waals surface area contributed by atoms with Crippen molar-refractivity contribution in [3.8, 4) is 6.07 Å². The van der Waals surface area contributed by atoms with Gasteiger partial charge in [-0.1, -0.05) is 20.8 Å². The average molecular weight is 195 g/mol. The fourth-order valence-electron chi connectivity index (χ4n) is 1.46. The Morgan fingerprint density at radius 1 is 1.64 bits per heavy atom. The lowest BCUT2D eigenvalue weighted by Crippen LogP contribution is -2.38. The van der Waals surface area contributed by atoms with Gasteiger partial charge in [0.15, 0.2) is 0 Å². The van der Waals surface area contributed by atoms with Crippen molar-refractivity contribution < 1.29 is 4.79 Å². The van der Waals surface area contributed by atoms with Crippen LogP contribution in [0.25, 0.3) is 0 Å². The zero-order valence-corrected chi connectivity index (χ0v) is 9.00. The molecule has 1 aliphatic rings. The first kappa shape index (κ1) is 10.8. The Balaban J connectivity index is 2.53. The van der Waals surface area contributed by atoms with Gasteiger partial charge in [-0.05, 0) is 5.41 Å². The smallest absolute Gasteiger partial charge is 0.317 e. The molecule has 4 nitrogen and oxygen atoms in total. The lowest BCUT2D eigenvalue weighted by Gasteiger charge is -2.25. The second-order valence-electron chi connectivity index (χ2n) is 4.72. The van der Waals surface area contributed by atoms with Crippen LogP contribution in [-0.2, 0) is 0 Å². The predicted octanol–water partition coefficient (Wildman–Crippen LogP) is 1.34. The van der Waals surface area contributed by atoms with Gasteiger partial charge < -0.3 is 10.2 Å². The van der Waals surface area contributed by atoms with Crippen LogP contribution < -0.4 is 5.32 Å². The molecule has 0 bridgehead atoms. The monoisotopic (exact) mass is 195 g/mol. The molecule has 0 aromatic carbocycles. The van der Waals surface area contributed by atoms with E-state index in [1.165, 1.54) is 0 Å². The number of nitriles is 1. The van der Waals surface area contributed by atoms with Crippen molar-refractivity contribution in [2.45, 2.75) is 33.2 Å². The van der Waals surface area contributed by atoms with Crippen molar-refractivity contribution >= 4 is 6.03 Å². The van der Waals surface area contributed by atoms with Crippen molar-refractivity contribution in [2.75, 3.05) is 13.1 Å². The Hall–Kier alpha value is -1.24. The van der Waals surface area contributed by atoms with Gasteiger partial charge >= 0.3 is 6.03 Å². The summed E-state index contributed by atoms with van der Waals surface area (Å²) in [6, 6.07) is 2.19. The van der Waals surface area contributed by atoms with Crippen LogP contribution in [0.5, 0.6) is 0 Å². The summed E-state index contributed by atoms with van der Waals surface area (Å²) < 4.78 is 0. The molecule has 0 aromatic rings. The highest BCUT2D eigenvalue weighted by Gasteiger charge is 2.35. The maximum absolute atomic E-state index is 11.4. The Morgan fingerprint density at radius 2 is 2.29 bits per heavy atom. The second kappa shape index (κ2) is 3.87. The summed E-state index contributed by atoms with van der Waals surface area (Å²) in [5, 5.41) is 11.4. The van der Waals surface area contributed by atoms with Gasteiger partial charge in [-0.15, -0.1) is 0 Å². The maximum atomic E-state index is 11.4. The third-order valence-electron chi connectivity index (χ3n) is 2.53. The van der Waals surface area contributed by atoms with Crippen LogP contribution in [0.1, 0.15) is 27.2 Å². The molecule has 78 valence electrons. The molecule has 1 unspecified atom stereocenters. The van der Waals surface area contributed by atoms with Gasteiger partial charge in [0.1, 0.15) is 0 Å². The average Bonchev–Trinajstić information content (AvgIpc) is 2.43. The molecule has 1 rings (SSSR count). The largest absolute Gasteiger partial charge is 0.333 e. The van der Waals surface area contributed by atoms with Crippen molar-refractivity contribution in [3.05, 3.63) is 0 Å². The van der Waals surface area contributed by atoms with E-state index in [0.717, 1.165) is 0 Å². The maximum Gasteiger partial charge on any atom is 0.317 e. The molecule has 1 saturated heterocycles. The predicted molar refractivity (Wildman–Crippen MR) is 53.6 cm³/mol. The third kappa shape index (κ3) is 2.38. The first-order chi connectivity index (χ1) is 6.45. The molecule has 14 heavy (non-hydrogen) atoms. The van der Waals surface area contributed by atoms with Crippen LogP contribution in [0.4, 0.5) is 4.79 Å². The summed E-state index contributed by atoms with van der Waals surface area (Å²) in [5.41, 5.74) is 0.0804. The van der Waals surface area contributed by atoms with Gasteiger partial charge in [-0.3, -0.25) is 0 Å². The quantitative estimate of drug-likeness (QED) is 0.723. The number of urea groups is 1. The summed E-state index contributed by atoms with van der Waals surface area (Å²) >= 11 is 0. The van der Waals surface area contributed by atoms with Crippen LogP contribution in [0.2, 0.25) is 0 Å². The number of amides is 2. The zero-order valence-electron chi connectivity index (χ0n) is 9.00. The molecule has 1 aliphatic heterocycles. The molecule has 0 aromatic heterocycles. The van der Waals surface area contributed by atoms with E-state index in [-0.39, 0.29) is 17.5 Å². The zero-order chi connectivity index (χ0) is 10.8. The Labute approximate surface area is 84.9 Å². The minimum Gasteiger partial charge on any atom is -0.333 e. The van der Waals surface area contributed by atoms with Crippen LogP contribution in [0.15, 0.2) is 0 Å². The van der Waals surface area contributed by atoms with E-state index in [1.807, 2.05) is 6.07 Å². The molecule has 0 radical (unpaired) electrons. The van der Waals surface area contributed by atoms with Gasteiger partial charge in [-0.25, -0.2) is 4.79 Å². The molecule has 4 heteroatoms. The molecule has 0 aliphatic carbocycles. The fourth-order valence-corrected chi connectivity index (χ4v) is 1.46. The summed E-state index contributed by atoms with van der Waals surface area (Å²) in [6.45, 7) is 7.56. The summed E-state index contributed by atoms with van der Waals surface area (Å²) in [4.78, 5) is 13.2. The number of carbonyl (C=O) groups excluding carboxylic acids is 1. The lowest BCUT2D eigenvalue weighted by atomic mass is 9.87. The first-order valence-corrected chi connectivity index (χ1v) is 4.87. The van der Waals surface area contributed by atoms with Gasteiger partial charge in [0, 0.05) is 13.1 Å². The third-order valence-corrected chi connectivity index (χ3v) is 2.53. The van der Waals surface area contributed by atoms with Crippen LogP contribution >= 0.6 is 0 Å². The minimum atomic E-state index is -0.0415. The second-order valence-corrected chi connectivity index (χ2v) is 4.72. The molecule has 1 N–H and O–H groups in total. The molecule has 0 spiro atoms. The number of hydrogen-bond donors (Lipinski definition) is 1. The van der Waals surface area contributed by atoms with Crippen molar-refractivity contribution in [1.82, 2.24) is 10.2 Å². The molecule has 2 amide bonds. The van der Waals surface area contributed by atoms with Crippen LogP contribution in [-0.4, -0.2) is 30.1 Å². The van der Waals surface area contributed by atoms with Crippen LogP contribution in [0.3, 0.4) is 0 Å². The molecule has 1 fully saturated rings. The van der Waals surface area contributed by atoms with E-state index in [9.17, 15) is 4.79 Å². The highest BCUT2D eigenvalue weighted by atomic mass is 16.2. The first-order valence-electron chi connectivity index (χ1n) is 4.87. The molecule has 1 heterocycles. The molecule has 0 saturated carbocycles. The van der Waals surface area contributed by atoms with E-state index in [2.05, 4.69) is 26.1 Å². The van der Waals surface area contributed by atoms with E-state index in [4.69, 9.17) is 5.26 Å². The van der Waals surface area contributed by atoms with Gasteiger partial charge in [-0.2, -0.15) is 5.26 Å². The fraction of sp³-hybridized carbons (Fsp3) is 0.800. The number of rotatable bonds is 2. The normalized spacial score (nSPS) is 22.0. The number of nitrogens with one attached hydrogen (secondary N) is 1. The highest BCUT2D eigenvalue weighted by molar-refractivity contribution is 5.77. The number of nitrogens with zero attached hydrogens (tertiary/aromatic N) is 2. The van der Waals surface area contributed by atoms with Crippen molar-refractivity contribution in [3.63, 3.8) is 0 Å². The van der Waals surface area contributed by atoms with Crippen LogP contribution in [0, 0.1) is 16.7 Å². The van der Waals surface area contributed by atoms with Crippen molar-refractivity contribution in [1.29, 1.82) is 5.26 Å². The molecule has 1 atom stereocenters. The van der Waals surface area contributed by atoms with Gasteiger partial charge in [0.25, 0.3) is 0 Å². The Kier molecular flexibility index (Phi) is 3.00. The Bertz CT molecular complexity index is 262. The van der Waals surface area contributed by atoms with E-state index in [0.29, 0.717) is 19.5 Å². The summed E-state index contributed by atoms with van der Waals surface area (Å²) in [6.07, 6.45) is 0.407. The topological polar surface area (TPSA) is 56.1 Å². The molecular formula is C10H17N3O. The summed E-state index contributed by atoms with van der Waals surface area (Å²) in [5.74, 6) is 0. The van der Waals surface area contributed by atoms with Gasteiger partial charge in [0.2, 0.25) is 0 Å². The summed E-state index contributed by atoms with van der Waals surface area (Å²) in [7, 11) is 0. The number of carbonyl (C=O) groups is 1.